The molecule has 1 fully saturated rings. The van der Waals surface area contributed by atoms with Gasteiger partial charge in [-0.1, -0.05) is 36.4 Å². The first-order chi connectivity index (χ1) is 12.2. The number of hydrogen-bond donors (Lipinski definition) is 0. The van der Waals surface area contributed by atoms with Crippen LogP contribution in [0.4, 0.5) is 0 Å². The first-order valence-electron chi connectivity index (χ1n) is 9.18. The molecule has 138 valence electrons. The van der Waals surface area contributed by atoms with E-state index < -0.39 is 0 Å². The molecule has 0 unspecified atom stereocenters. The van der Waals surface area contributed by atoms with E-state index >= 15 is 0 Å². The van der Waals surface area contributed by atoms with E-state index in [2.05, 4.69) is 23.1 Å². The van der Waals surface area contributed by atoms with Gasteiger partial charge in [0.2, 0.25) is 0 Å². The van der Waals surface area contributed by atoms with Gasteiger partial charge in [0.25, 0.3) is 0 Å². The number of halogens is 1. The van der Waals surface area contributed by atoms with Crippen molar-refractivity contribution in [3.63, 3.8) is 0 Å². The average molecular weight is 372 g/mol. The maximum atomic E-state index is 13.1. The Morgan fingerprint density at radius 1 is 1.00 bits per heavy atom. The maximum absolute atomic E-state index is 13.1. The molecule has 4 heteroatoms. The van der Waals surface area contributed by atoms with Gasteiger partial charge >= 0.3 is 0 Å². The molecule has 1 spiro atoms. The van der Waals surface area contributed by atoms with Crippen LogP contribution in [0.25, 0.3) is 0 Å². The van der Waals surface area contributed by atoms with Crippen molar-refractivity contribution >= 4 is 18.2 Å². The topological polar surface area (TPSA) is 29.5 Å². The Hall–Kier alpha value is -1.84. The van der Waals surface area contributed by atoms with E-state index in [1.165, 1.54) is 11.1 Å². The number of likely N-dealkylation sites (tertiary alicyclic amines) is 1. The lowest BCUT2D eigenvalue weighted by atomic mass is 9.65. The summed E-state index contributed by atoms with van der Waals surface area (Å²) in [5.41, 5.74) is 3.39. The number of rotatable bonds is 3. The van der Waals surface area contributed by atoms with E-state index in [-0.39, 0.29) is 17.8 Å². The van der Waals surface area contributed by atoms with Crippen molar-refractivity contribution in [1.82, 2.24) is 4.90 Å². The highest BCUT2D eigenvalue weighted by Crippen LogP contribution is 2.43. The first kappa shape index (κ1) is 18.9. The Kier molecular flexibility index (Phi) is 5.69. The van der Waals surface area contributed by atoms with Gasteiger partial charge in [-0.25, -0.2) is 0 Å². The van der Waals surface area contributed by atoms with Gasteiger partial charge in [0, 0.05) is 17.5 Å². The molecule has 0 amide bonds. The van der Waals surface area contributed by atoms with Gasteiger partial charge in [-0.3, -0.25) is 9.69 Å². The third-order valence-electron chi connectivity index (χ3n) is 5.99. The number of aryl methyl sites for hydroxylation is 1. The third kappa shape index (κ3) is 3.51. The molecular weight excluding hydrogens is 346 g/mol. The highest BCUT2D eigenvalue weighted by molar-refractivity contribution is 6.02. The van der Waals surface area contributed by atoms with E-state index in [0.717, 1.165) is 56.6 Å². The summed E-state index contributed by atoms with van der Waals surface area (Å²) in [4.78, 5) is 15.6. The van der Waals surface area contributed by atoms with Crippen molar-refractivity contribution < 1.29 is 9.53 Å². The lowest BCUT2D eigenvalue weighted by Gasteiger charge is -2.43. The minimum Gasteiger partial charge on any atom is -0.497 e. The fourth-order valence-electron chi connectivity index (χ4n) is 4.34. The number of nitrogens with zero attached hydrogens (tertiary/aromatic N) is 1. The molecule has 1 saturated heterocycles. The maximum Gasteiger partial charge on any atom is 0.169 e. The summed E-state index contributed by atoms with van der Waals surface area (Å²) < 4.78 is 5.22. The van der Waals surface area contributed by atoms with Gasteiger partial charge in [0.1, 0.15) is 5.75 Å². The minimum atomic E-state index is -0.120. The van der Waals surface area contributed by atoms with Crippen molar-refractivity contribution in [2.45, 2.75) is 32.2 Å². The van der Waals surface area contributed by atoms with Gasteiger partial charge in [0.15, 0.2) is 5.78 Å². The van der Waals surface area contributed by atoms with Gasteiger partial charge < -0.3 is 4.74 Å². The summed E-state index contributed by atoms with van der Waals surface area (Å²) in [6.45, 7) is 2.95. The van der Waals surface area contributed by atoms with Crippen LogP contribution in [-0.4, -0.2) is 30.9 Å². The van der Waals surface area contributed by atoms with Crippen LogP contribution < -0.4 is 4.74 Å². The SMILES string of the molecule is COc1ccc(CN2CCC3(CCc4ccccc4C3=O)CC2)cc1.Cl. The molecular formula is C22H26ClNO2. The zero-order valence-corrected chi connectivity index (χ0v) is 16.1. The summed E-state index contributed by atoms with van der Waals surface area (Å²) in [6, 6.07) is 16.5. The summed E-state index contributed by atoms with van der Waals surface area (Å²) in [7, 11) is 1.69. The van der Waals surface area contributed by atoms with Crippen LogP contribution in [0.1, 0.15) is 40.7 Å². The number of ether oxygens (including phenoxy) is 1. The quantitative estimate of drug-likeness (QED) is 0.793. The Morgan fingerprint density at radius 2 is 1.69 bits per heavy atom. The van der Waals surface area contributed by atoms with Gasteiger partial charge in [-0.2, -0.15) is 0 Å². The largest absolute Gasteiger partial charge is 0.497 e. The van der Waals surface area contributed by atoms with E-state index in [1.54, 1.807) is 7.11 Å². The molecule has 4 rings (SSSR count). The second kappa shape index (κ2) is 7.81. The predicted molar refractivity (Wildman–Crippen MR) is 106 cm³/mol. The predicted octanol–water partition coefficient (Wildman–Crippen LogP) is 4.53. The van der Waals surface area contributed by atoms with Crippen LogP contribution >= 0.6 is 12.4 Å². The lowest BCUT2D eigenvalue weighted by molar-refractivity contribution is 0.0529. The monoisotopic (exact) mass is 371 g/mol. The standard InChI is InChI=1S/C22H25NO2.ClH/c1-25-19-8-6-17(7-9-19)16-23-14-12-22(13-15-23)11-10-18-4-2-3-5-20(18)21(22)24;/h2-9H,10-16H2,1H3;1H. The smallest absolute Gasteiger partial charge is 0.169 e. The second-order valence-electron chi connectivity index (χ2n) is 7.39. The molecule has 1 aliphatic heterocycles. The second-order valence-corrected chi connectivity index (χ2v) is 7.39. The molecule has 1 aliphatic carbocycles. The number of fused-ring (bicyclic) bond motifs is 1. The number of benzene rings is 2. The highest BCUT2D eigenvalue weighted by Gasteiger charge is 2.44. The van der Waals surface area contributed by atoms with Crippen LogP contribution in [0.3, 0.4) is 0 Å². The molecule has 3 nitrogen and oxygen atoms in total. The molecule has 2 aromatic rings. The Morgan fingerprint density at radius 3 is 2.38 bits per heavy atom. The molecule has 0 aromatic heterocycles. The number of carbonyl (C=O) groups excluding carboxylic acids is 1. The Bertz CT molecular complexity index is 764. The van der Waals surface area contributed by atoms with Crippen LogP contribution in [0.5, 0.6) is 5.75 Å². The Balaban J connectivity index is 0.00000196. The Labute approximate surface area is 161 Å². The summed E-state index contributed by atoms with van der Waals surface area (Å²) in [6.07, 6.45) is 4.02. The third-order valence-corrected chi connectivity index (χ3v) is 5.99. The van der Waals surface area contributed by atoms with E-state index in [9.17, 15) is 4.79 Å². The minimum absolute atomic E-state index is 0. The van der Waals surface area contributed by atoms with Crippen LogP contribution in [0, 0.1) is 5.41 Å². The highest BCUT2D eigenvalue weighted by atomic mass is 35.5. The molecule has 2 aromatic carbocycles. The number of carbonyl (C=O) groups is 1. The lowest BCUT2D eigenvalue weighted by Crippen LogP contribution is -2.46. The normalized spacial score (nSPS) is 18.9. The molecule has 0 saturated carbocycles. The summed E-state index contributed by atoms with van der Waals surface area (Å²) in [5.74, 6) is 1.28. The number of ketones is 1. The first-order valence-corrected chi connectivity index (χ1v) is 9.18. The van der Waals surface area contributed by atoms with Crippen LogP contribution in [0.2, 0.25) is 0 Å². The van der Waals surface area contributed by atoms with Gasteiger partial charge in [0.05, 0.1) is 7.11 Å². The molecule has 2 aliphatic rings. The number of Topliss-reactive ketones (excluding diaryl/α,β-unsaturated/α-hetero) is 1. The average Bonchev–Trinajstić information content (AvgIpc) is 2.67. The molecule has 1 heterocycles. The van der Waals surface area contributed by atoms with E-state index in [1.807, 2.05) is 30.3 Å². The molecule has 26 heavy (non-hydrogen) atoms. The number of piperidine rings is 1. The molecule has 0 N–H and O–H groups in total. The molecule has 0 bridgehead atoms. The van der Waals surface area contributed by atoms with Crippen LogP contribution in [0.15, 0.2) is 48.5 Å². The van der Waals surface area contributed by atoms with Crippen molar-refractivity contribution in [3.8, 4) is 5.75 Å². The van der Waals surface area contributed by atoms with Crippen molar-refractivity contribution in [1.29, 1.82) is 0 Å². The van der Waals surface area contributed by atoms with E-state index in [4.69, 9.17) is 4.74 Å². The van der Waals surface area contributed by atoms with Crippen molar-refractivity contribution in [2.24, 2.45) is 5.41 Å². The van der Waals surface area contributed by atoms with Gasteiger partial charge in [-0.05, 0) is 62.0 Å². The van der Waals surface area contributed by atoms with E-state index in [0.29, 0.717) is 5.78 Å². The summed E-state index contributed by atoms with van der Waals surface area (Å²) >= 11 is 0. The fraction of sp³-hybridized carbons (Fsp3) is 0.409. The zero-order valence-electron chi connectivity index (χ0n) is 15.2. The number of methoxy groups -OCH3 is 1. The zero-order chi connectivity index (χ0) is 17.3. The van der Waals surface area contributed by atoms with Crippen LogP contribution in [-0.2, 0) is 13.0 Å². The van der Waals surface area contributed by atoms with Crippen molar-refractivity contribution in [2.75, 3.05) is 20.2 Å². The fourth-order valence-corrected chi connectivity index (χ4v) is 4.34. The molecule has 0 atom stereocenters. The summed E-state index contributed by atoms with van der Waals surface area (Å²) in [5, 5.41) is 0. The molecule has 0 radical (unpaired) electrons. The van der Waals surface area contributed by atoms with Gasteiger partial charge in [-0.15, -0.1) is 12.4 Å². The number of hydrogen-bond acceptors (Lipinski definition) is 3. The van der Waals surface area contributed by atoms with Crippen molar-refractivity contribution in [3.05, 3.63) is 65.2 Å².